The van der Waals surface area contributed by atoms with Crippen LogP contribution >= 0.6 is 12.2 Å². The zero-order valence-electron chi connectivity index (χ0n) is 16.8. The van der Waals surface area contributed by atoms with Gasteiger partial charge in [-0.15, -0.1) is 0 Å². The van der Waals surface area contributed by atoms with Crippen molar-refractivity contribution in [2.75, 3.05) is 6.61 Å². The lowest BCUT2D eigenvalue weighted by atomic mass is 9.92. The van der Waals surface area contributed by atoms with E-state index in [0.717, 1.165) is 11.1 Å². The molecule has 0 saturated heterocycles. The van der Waals surface area contributed by atoms with Gasteiger partial charge < -0.3 is 14.8 Å². The number of nitrogens with one attached hydrogen (secondary N) is 1. The molecule has 2 aromatic carbocycles. The SMILES string of the molecule is CCOc1cc([C@H]2NC(=S)N(N)C(C)=C2C(C)=O)ccc1OCc1ccccc1. The molecule has 0 amide bonds. The number of hydrogen-bond acceptors (Lipinski definition) is 5. The summed E-state index contributed by atoms with van der Waals surface area (Å²) in [6.45, 7) is 6.16. The van der Waals surface area contributed by atoms with Gasteiger partial charge in [-0.3, -0.25) is 9.80 Å². The second kappa shape index (κ2) is 9.07. The average molecular weight is 412 g/mol. The number of carbonyl (C=O) groups is 1. The molecule has 29 heavy (non-hydrogen) atoms. The van der Waals surface area contributed by atoms with Crippen LogP contribution in [0, 0.1) is 0 Å². The maximum absolute atomic E-state index is 12.3. The van der Waals surface area contributed by atoms with Crippen LogP contribution in [0.3, 0.4) is 0 Å². The topological polar surface area (TPSA) is 76.8 Å². The van der Waals surface area contributed by atoms with Crippen molar-refractivity contribution in [3.05, 3.63) is 70.9 Å². The van der Waals surface area contributed by atoms with Crippen molar-refractivity contribution < 1.29 is 14.3 Å². The summed E-state index contributed by atoms with van der Waals surface area (Å²) in [5.41, 5.74) is 3.12. The first-order valence-electron chi connectivity index (χ1n) is 9.42. The van der Waals surface area contributed by atoms with Crippen LogP contribution in [-0.4, -0.2) is 22.5 Å². The zero-order valence-corrected chi connectivity index (χ0v) is 17.6. The van der Waals surface area contributed by atoms with Gasteiger partial charge in [0.1, 0.15) is 6.61 Å². The van der Waals surface area contributed by atoms with Gasteiger partial charge in [-0.1, -0.05) is 36.4 Å². The fourth-order valence-corrected chi connectivity index (χ4v) is 3.55. The number of allylic oxidation sites excluding steroid dienone is 1. The summed E-state index contributed by atoms with van der Waals surface area (Å²) in [5.74, 6) is 7.15. The smallest absolute Gasteiger partial charge is 0.188 e. The van der Waals surface area contributed by atoms with Crippen LogP contribution < -0.4 is 20.6 Å². The number of ether oxygens (including phenoxy) is 2. The summed E-state index contributed by atoms with van der Waals surface area (Å²) >= 11 is 5.32. The molecule has 0 saturated carbocycles. The predicted molar refractivity (Wildman–Crippen MR) is 116 cm³/mol. The molecule has 2 aromatic rings. The third kappa shape index (κ3) is 4.58. The van der Waals surface area contributed by atoms with Gasteiger partial charge in [0.25, 0.3) is 0 Å². The monoisotopic (exact) mass is 411 g/mol. The molecule has 152 valence electrons. The number of hydrazine groups is 1. The Hall–Kier alpha value is -2.90. The zero-order chi connectivity index (χ0) is 21.0. The molecule has 1 heterocycles. The largest absolute Gasteiger partial charge is 0.490 e. The number of nitrogens with zero attached hydrogens (tertiary/aromatic N) is 1. The van der Waals surface area contributed by atoms with Crippen molar-refractivity contribution in [2.45, 2.75) is 33.4 Å². The Balaban J connectivity index is 1.92. The minimum Gasteiger partial charge on any atom is -0.490 e. The molecular formula is C22H25N3O3S. The first-order valence-corrected chi connectivity index (χ1v) is 9.83. The second-order valence-electron chi connectivity index (χ2n) is 6.72. The third-order valence-corrected chi connectivity index (χ3v) is 5.06. The molecule has 0 spiro atoms. The predicted octanol–water partition coefficient (Wildman–Crippen LogP) is 3.63. The van der Waals surface area contributed by atoms with E-state index in [1.165, 1.54) is 11.9 Å². The van der Waals surface area contributed by atoms with Gasteiger partial charge in [-0.25, -0.2) is 5.84 Å². The highest BCUT2D eigenvalue weighted by Crippen LogP contribution is 2.36. The van der Waals surface area contributed by atoms with Crippen LogP contribution in [0.4, 0.5) is 0 Å². The second-order valence-corrected chi connectivity index (χ2v) is 7.11. The number of ketones is 1. The molecule has 0 aromatic heterocycles. The Bertz CT molecular complexity index is 944. The number of hydrogen-bond donors (Lipinski definition) is 2. The normalized spacial score (nSPS) is 16.5. The molecule has 1 aliphatic heterocycles. The lowest BCUT2D eigenvalue weighted by Gasteiger charge is -2.35. The van der Waals surface area contributed by atoms with E-state index in [4.69, 9.17) is 27.5 Å². The van der Waals surface area contributed by atoms with Crippen molar-refractivity contribution in [2.24, 2.45) is 5.84 Å². The van der Waals surface area contributed by atoms with Crippen LogP contribution in [0.1, 0.15) is 37.9 Å². The van der Waals surface area contributed by atoms with Crippen molar-refractivity contribution in [3.63, 3.8) is 0 Å². The van der Waals surface area contributed by atoms with E-state index in [1.54, 1.807) is 6.92 Å². The molecule has 3 N–H and O–H groups in total. The standard InChI is InChI=1S/C22H25N3O3S/c1-4-27-19-12-17(10-11-18(19)28-13-16-8-6-5-7-9-16)21-20(15(3)26)14(2)25(23)22(29)24-21/h5-12,21H,4,13,23H2,1-3H3,(H,24,29)/t21-/m1/s1. The van der Waals surface area contributed by atoms with E-state index in [-0.39, 0.29) is 5.78 Å². The highest BCUT2D eigenvalue weighted by atomic mass is 32.1. The van der Waals surface area contributed by atoms with E-state index in [9.17, 15) is 4.79 Å². The van der Waals surface area contributed by atoms with Crippen LogP contribution in [0.2, 0.25) is 0 Å². The molecule has 0 aliphatic carbocycles. The van der Waals surface area contributed by atoms with Crippen molar-refractivity contribution >= 4 is 23.1 Å². The van der Waals surface area contributed by atoms with Crippen LogP contribution in [0.15, 0.2) is 59.8 Å². The molecule has 1 aliphatic rings. The number of benzene rings is 2. The van der Waals surface area contributed by atoms with Gasteiger partial charge in [-0.05, 0) is 56.2 Å². The van der Waals surface area contributed by atoms with Crippen molar-refractivity contribution in [1.29, 1.82) is 0 Å². The number of Topliss-reactive ketones (excluding diaryl/α,β-unsaturated/α-hetero) is 1. The summed E-state index contributed by atoms with van der Waals surface area (Å²) in [6, 6.07) is 15.2. The number of nitrogens with two attached hydrogens (primary N) is 1. The van der Waals surface area contributed by atoms with E-state index in [1.807, 2.05) is 55.5 Å². The minimum absolute atomic E-state index is 0.0692. The molecule has 0 radical (unpaired) electrons. The summed E-state index contributed by atoms with van der Waals surface area (Å²) in [7, 11) is 0. The Morgan fingerprint density at radius 3 is 2.55 bits per heavy atom. The fourth-order valence-electron chi connectivity index (χ4n) is 3.29. The molecule has 7 heteroatoms. The Morgan fingerprint density at radius 1 is 1.17 bits per heavy atom. The van der Waals surface area contributed by atoms with Gasteiger partial charge in [-0.2, -0.15) is 0 Å². The summed E-state index contributed by atoms with van der Waals surface area (Å²) < 4.78 is 11.8. The molecule has 0 fully saturated rings. The lowest BCUT2D eigenvalue weighted by molar-refractivity contribution is -0.114. The number of thiocarbonyl (C=S) groups is 1. The fraction of sp³-hybridized carbons (Fsp3) is 0.273. The van der Waals surface area contributed by atoms with Crippen molar-refractivity contribution in [3.8, 4) is 11.5 Å². The quantitative estimate of drug-likeness (QED) is 0.532. The summed E-state index contributed by atoms with van der Waals surface area (Å²) in [4.78, 5) is 12.3. The minimum atomic E-state index is -0.401. The highest BCUT2D eigenvalue weighted by molar-refractivity contribution is 7.80. The van der Waals surface area contributed by atoms with Crippen LogP contribution in [0.25, 0.3) is 0 Å². The summed E-state index contributed by atoms with van der Waals surface area (Å²) in [6.07, 6.45) is 0. The van der Waals surface area contributed by atoms with Gasteiger partial charge >= 0.3 is 0 Å². The van der Waals surface area contributed by atoms with Gasteiger partial charge in [0.15, 0.2) is 22.4 Å². The van der Waals surface area contributed by atoms with E-state index >= 15 is 0 Å². The van der Waals surface area contributed by atoms with Gasteiger partial charge in [0.05, 0.1) is 12.6 Å². The molecule has 0 unspecified atom stereocenters. The number of carbonyl (C=O) groups excluding carboxylic acids is 1. The highest BCUT2D eigenvalue weighted by Gasteiger charge is 2.31. The molecular weight excluding hydrogens is 386 g/mol. The number of rotatable bonds is 7. The Labute approximate surface area is 176 Å². The van der Waals surface area contributed by atoms with Gasteiger partial charge in [0.2, 0.25) is 0 Å². The summed E-state index contributed by atoms with van der Waals surface area (Å²) in [5, 5.41) is 4.83. The third-order valence-electron chi connectivity index (χ3n) is 4.74. The van der Waals surface area contributed by atoms with Gasteiger partial charge in [0, 0.05) is 11.3 Å². The molecule has 3 rings (SSSR count). The van der Waals surface area contributed by atoms with E-state index in [0.29, 0.717) is 41.1 Å². The van der Waals surface area contributed by atoms with E-state index < -0.39 is 6.04 Å². The van der Waals surface area contributed by atoms with Crippen molar-refractivity contribution in [1.82, 2.24) is 10.3 Å². The average Bonchev–Trinajstić information content (AvgIpc) is 2.71. The first kappa shape index (κ1) is 20.8. The molecule has 1 atom stereocenters. The molecule has 0 bridgehead atoms. The maximum atomic E-state index is 12.3. The maximum Gasteiger partial charge on any atom is 0.188 e. The Morgan fingerprint density at radius 2 is 1.90 bits per heavy atom. The lowest BCUT2D eigenvalue weighted by Crippen LogP contribution is -2.50. The first-order chi connectivity index (χ1) is 13.9. The van der Waals surface area contributed by atoms with E-state index in [2.05, 4.69) is 5.32 Å². The molecule has 6 nitrogen and oxygen atoms in total. The van der Waals surface area contributed by atoms with Crippen LogP contribution in [-0.2, 0) is 11.4 Å². The Kier molecular flexibility index (Phi) is 6.51. The van der Waals surface area contributed by atoms with Crippen LogP contribution in [0.5, 0.6) is 11.5 Å².